The van der Waals surface area contributed by atoms with Gasteiger partial charge in [-0.15, -0.1) is 0 Å². The van der Waals surface area contributed by atoms with Crippen molar-refractivity contribution in [3.05, 3.63) is 24.7 Å². The summed E-state index contributed by atoms with van der Waals surface area (Å²) >= 11 is 0. The van der Waals surface area contributed by atoms with E-state index in [4.69, 9.17) is 5.73 Å². The summed E-state index contributed by atoms with van der Waals surface area (Å²) in [5, 5.41) is 4.18. The summed E-state index contributed by atoms with van der Waals surface area (Å²) in [6.45, 7) is 4.17. The normalized spacial score (nSPS) is 15.8. The van der Waals surface area contributed by atoms with E-state index in [1.54, 1.807) is 17.1 Å². The van der Waals surface area contributed by atoms with Gasteiger partial charge in [-0.1, -0.05) is 0 Å². The van der Waals surface area contributed by atoms with E-state index < -0.39 is 0 Å². The second-order valence-corrected chi connectivity index (χ2v) is 5.69. The van der Waals surface area contributed by atoms with Crippen LogP contribution in [0, 0.1) is 0 Å². The van der Waals surface area contributed by atoms with Crippen molar-refractivity contribution in [1.82, 2.24) is 24.6 Å². The first-order valence-corrected chi connectivity index (χ1v) is 7.69. The van der Waals surface area contributed by atoms with Crippen molar-refractivity contribution < 1.29 is 4.79 Å². The average molecular weight is 315 g/mol. The third-order valence-electron chi connectivity index (χ3n) is 3.97. The Hall–Kier alpha value is -2.48. The molecule has 2 aromatic rings. The molecule has 1 amide bonds. The van der Waals surface area contributed by atoms with Crippen molar-refractivity contribution in [1.29, 1.82) is 0 Å². The molecule has 0 aliphatic carbocycles. The minimum Gasteiger partial charge on any atom is -0.370 e. The Morgan fingerprint density at radius 3 is 2.74 bits per heavy atom. The lowest BCUT2D eigenvalue weighted by molar-refractivity contribution is -0.118. The molecule has 0 saturated carbocycles. The van der Waals surface area contributed by atoms with Crippen LogP contribution in [0.4, 0.5) is 5.95 Å². The molecule has 0 spiro atoms. The predicted molar refractivity (Wildman–Crippen MR) is 86.7 cm³/mol. The topological polar surface area (TPSA) is 93.2 Å². The largest absolute Gasteiger partial charge is 0.370 e. The first kappa shape index (κ1) is 15.4. The molecular weight excluding hydrogens is 294 g/mol. The van der Waals surface area contributed by atoms with Crippen LogP contribution >= 0.6 is 0 Å². The van der Waals surface area contributed by atoms with E-state index in [0.29, 0.717) is 6.42 Å². The molecule has 0 aromatic carbocycles. The minimum atomic E-state index is -0.250. The fourth-order valence-corrected chi connectivity index (χ4v) is 2.65. The molecule has 3 heterocycles. The van der Waals surface area contributed by atoms with Crippen molar-refractivity contribution >= 4 is 11.9 Å². The van der Waals surface area contributed by atoms with Gasteiger partial charge >= 0.3 is 0 Å². The van der Waals surface area contributed by atoms with Gasteiger partial charge in [-0.25, -0.2) is 9.97 Å². The van der Waals surface area contributed by atoms with Crippen LogP contribution in [0.15, 0.2) is 24.7 Å². The number of aromatic nitrogens is 4. The molecule has 8 nitrogen and oxygen atoms in total. The van der Waals surface area contributed by atoms with Crippen LogP contribution in [0.3, 0.4) is 0 Å². The summed E-state index contributed by atoms with van der Waals surface area (Å²) in [7, 11) is 1.89. The van der Waals surface area contributed by atoms with Crippen molar-refractivity contribution in [2.24, 2.45) is 12.8 Å². The van der Waals surface area contributed by atoms with Crippen LogP contribution in [0.5, 0.6) is 0 Å². The minimum absolute atomic E-state index is 0.250. The quantitative estimate of drug-likeness (QED) is 0.826. The zero-order valence-electron chi connectivity index (χ0n) is 13.2. The molecule has 1 fully saturated rings. The molecule has 122 valence electrons. The number of aryl methyl sites for hydroxylation is 1. The Kier molecular flexibility index (Phi) is 4.52. The Morgan fingerprint density at radius 2 is 2.09 bits per heavy atom. The molecule has 0 atom stereocenters. The zero-order chi connectivity index (χ0) is 16.2. The van der Waals surface area contributed by atoms with Crippen molar-refractivity contribution in [3.63, 3.8) is 0 Å². The van der Waals surface area contributed by atoms with Gasteiger partial charge in [-0.3, -0.25) is 14.4 Å². The first-order valence-electron chi connectivity index (χ1n) is 7.69. The number of nitrogens with zero attached hydrogens (tertiary/aromatic N) is 6. The maximum atomic E-state index is 10.9. The van der Waals surface area contributed by atoms with Crippen molar-refractivity contribution in [2.45, 2.75) is 6.42 Å². The third-order valence-corrected chi connectivity index (χ3v) is 3.97. The number of primary amides is 1. The maximum absolute atomic E-state index is 10.9. The summed E-state index contributed by atoms with van der Waals surface area (Å²) in [6.07, 6.45) is 5.93. The van der Waals surface area contributed by atoms with E-state index in [1.807, 2.05) is 19.3 Å². The molecular formula is C15H21N7O. The van der Waals surface area contributed by atoms with E-state index in [0.717, 1.165) is 49.9 Å². The van der Waals surface area contributed by atoms with Gasteiger partial charge in [0, 0.05) is 64.1 Å². The van der Waals surface area contributed by atoms with Gasteiger partial charge in [0.25, 0.3) is 0 Å². The molecule has 1 saturated heterocycles. The molecule has 3 rings (SSSR count). The second-order valence-electron chi connectivity index (χ2n) is 5.69. The van der Waals surface area contributed by atoms with Gasteiger partial charge in [-0.2, -0.15) is 5.10 Å². The van der Waals surface area contributed by atoms with Crippen LogP contribution in [-0.2, 0) is 11.8 Å². The number of amides is 1. The highest BCUT2D eigenvalue weighted by atomic mass is 16.1. The van der Waals surface area contributed by atoms with E-state index in [2.05, 4.69) is 24.9 Å². The standard InChI is InChI=1S/C15H21N7O/c1-20-11-12(10-18-20)13-2-4-17-15(19-13)22-8-6-21(7-9-22)5-3-14(16)23/h2,4,10-11H,3,5-9H2,1H3,(H2,16,23). The summed E-state index contributed by atoms with van der Waals surface area (Å²) in [5.74, 6) is 0.487. The Balaban J connectivity index is 1.63. The molecule has 1 aliphatic rings. The van der Waals surface area contributed by atoms with Gasteiger partial charge in [0.1, 0.15) is 0 Å². The number of hydrogen-bond donors (Lipinski definition) is 1. The van der Waals surface area contributed by atoms with Crippen molar-refractivity contribution in [2.75, 3.05) is 37.6 Å². The molecule has 0 unspecified atom stereocenters. The number of anilines is 1. The van der Waals surface area contributed by atoms with Crippen LogP contribution in [0.1, 0.15) is 6.42 Å². The van der Waals surface area contributed by atoms with Gasteiger partial charge in [0.2, 0.25) is 11.9 Å². The van der Waals surface area contributed by atoms with Gasteiger partial charge in [-0.05, 0) is 6.07 Å². The van der Waals surface area contributed by atoms with E-state index in [-0.39, 0.29) is 5.91 Å². The Morgan fingerprint density at radius 1 is 1.30 bits per heavy atom. The average Bonchev–Trinajstić information content (AvgIpc) is 3.00. The van der Waals surface area contributed by atoms with E-state index in [9.17, 15) is 4.79 Å². The SMILES string of the molecule is Cn1cc(-c2ccnc(N3CCN(CCC(N)=O)CC3)n2)cn1. The number of rotatable bonds is 5. The predicted octanol–water partition coefficient (Wildman–Crippen LogP) is -0.125. The highest BCUT2D eigenvalue weighted by molar-refractivity contribution is 5.73. The Bertz CT molecular complexity index is 676. The zero-order valence-corrected chi connectivity index (χ0v) is 13.2. The van der Waals surface area contributed by atoms with Gasteiger partial charge < -0.3 is 10.6 Å². The van der Waals surface area contributed by atoms with Crippen molar-refractivity contribution in [3.8, 4) is 11.3 Å². The number of nitrogens with two attached hydrogens (primary N) is 1. The lowest BCUT2D eigenvalue weighted by atomic mass is 10.2. The van der Waals surface area contributed by atoms with Gasteiger partial charge in [0.05, 0.1) is 11.9 Å². The third kappa shape index (κ3) is 3.84. The lowest BCUT2D eigenvalue weighted by Gasteiger charge is -2.34. The number of carbonyl (C=O) groups is 1. The number of carbonyl (C=O) groups excluding carboxylic acids is 1. The van der Waals surface area contributed by atoms with Gasteiger partial charge in [0.15, 0.2) is 0 Å². The lowest BCUT2D eigenvalue weighted by Crippen LogP contribution is -2.47. The fourth-order valence-electron chi connectivity index (χ4n) is 2.65. The second kappa shape index (κ2) is 6.74. The maximum Gasteiger partial charge on any atom is 0.225 e. The van der Waals surface area contributed by atoms with Crippen LogP contribution in [0.25, 0.3) is 11.3 Å². The summed E-state index contributed by atoms with van der Waals surface area (Å²) in [6, 6.07) is 1.89. The van der Waals surface area contributed by atoms with Crippen LogP contribution < -0.4 is 10.6 Å². The number of piperazine rings is 1. The molecule has 8 heteroatoms. The summed E-state index contributed by atoms with van der Waals surface area (Å²) in [5.41, 5.74) is 7.06. The van der Waals surface area contributed by atoms with E-state index in [1.165, 1.54) is 0 Å². The highest BCUT2D eigenvalue weighted by Gasteiger charge is 2.19. The first-order chi connectivity index (χ1) is 11.1. The number of hydrogen-bond acceptors (Lipinski definition) is 6. The van der Waals surface area contributed by atoms with E-state index >= 15 is 0 Å². The summed E-state index contributed by atoms with van der Waals surface area (Å²) in [4.78, 5) is 24.3. The molecule has 0 bridgehead atoms. The smallest absolute Gasteiger partial charge is 0.225 e. The Labute approximate surface area is 134 Å². The highest BCUT2D eigenvalue weighted by Crippen LogP contribution is 2.19. The monoisotopic (exact) mass is 315 g/mol. The molecule has 1 aliphatic heterocycles. The van der Waals surface area contributed by atoms with Crippen LogP contribution in [-0.4, -0.2) is 63.3 Å². The summed E-state index contributed by atoms with van der Waals surface area (Å²) < 4.78 is 1.76. The van der Waals surface area contributed by atoms with Crippen LogP contribution in [0.2, 0.25) is 0 Å². The molecule has 2 aromatic heterocycles. The molecule has 2 N–H and O–H groups in total. The molecule has 23 heavy (non-hydrogen) atoms. The molecule has 0 radical (unpaired) electrons. The fraction of sp³-hybridized carbons (Fsp3) is 0.467.